The Morgan fingerprint density at radius 1 is 1.15 bits per heavy atom. The van der Waals surface area contributed by atoms with Gasteiger partial charge in [0.05, 0.1) is 18.2 Å². The normalized spacial score (nSPS) is 16.5. The third-order valence-corrected chi connectivity index (χ3v) is 3.62. The minimum absolute atomic E-state index is 0.0941. The molecule has 1 aliphatic heterocycles. The van der Waals surface area contributed by atoms with Gasteiger partial charge < -0.3 is 15.2 Å². The first-order valence-corrected chi connectivity index (χ1v) is 6.55. The van der Waals surface area contributed by atoms with Crippen LogP contribution in [0.25, 0.3) is 0 Å². The van der Waals surface area contributed by atoms with E-state index in [0.717, 1.165) is 0 Å². The van der Waals surface area contributed by atoms with E-state index in [4.69, 9.17) is 26.8 Å². The van der Waals surface area contributed by atoms with E-state index >= 15 is 0 Å². The molecule has 0 saturated carbocycles. The first kappa shape index (κ1) is 13.2. The zero-order valence-electron chi connectivity index (χ0n) is 10.6. The van der Waals surface area contributed by atoms with E-state index < -0.39 is 11.4 Å². The number of rotatable bonds is 3. The van der Waals surface area contributed by atoms with Crippen molar-refractivity contribution in [2.24, 2.45) is 0 Å². The van der Waals surface area contributed by atoms with Gasteiger partial charge in [-0.05, 0) is 36.4 Å². The molecular weight excluding hydrogens is 281 g/mol. The molecule has 0 amide bonds. The molecule has 0 unspecified atom stereocenters. The molecule has 0 atom stereocenters. The average Bonchev–Trinajstić information content (AvgIpc) is 2.39. The van der Waals surface area contributed by atoms with Crippen LogP contribution in [0, 0.1) is 5.82 Å². The minimum Gasteiger partial charge on any atom is -0.478 e. The molecule has 1 fully saturated rings. The molecule has 1 aliphatic rings. The second-order valence-corrected chi connectivity index (χ2v) is 5.19. The van der Waals surface area contributed by atoms with Crippen LogP contribution < -0.4 is 10.5 Å². The number of nitrogen functional groups attached to an aromatic ring is 1. The second kappa shape index (κ2) is 4.96. The Kier molecular flexibility index (Phi) is 3.28. The summed E-state index contributed by atoms with van der Waals surface area (Å²) in [7, 11) is 0. The fourth-order valence-corrected chi connectivity index (χ4v) is 2.23. The van der Waals surface area contributed by atoms with Crippen molar-refractivity contribution in [2.45, 2.75) is 5.60 Å². The van der Waals surface area contributed by atoms with Crippen molar-refractivity contribution in [1.82, 2.24) is 0 Å². The van der Waals surface area contributed by atoms with Gasteiger partial charge in [0.2, 0.25) is 0 Å². The summed E-state index contributed by atoms with van der Waals surface area (Å²) >= 11 is 5.71. The number of ether oxygens (including phenoxy) is 2. The van der Waals surface area contributed by atoms with Gasteiger partial charge in [-0.2, -0.15) is 0 Å². The summed E-state index contributed by atoms with van der Waals surface area (Å²) in [5.74, 6) is 0.203. The maximum absolute atomic E-state index is 13.6. The Bertz CT molecular complexity index is 626. The number of hydrogen-bond donors (Lipinski definition) is 1. The summed E-state index contributed by atoms with van der Waals surface area (Å²) in [4.78, 5) is 0. The lowest BCUT2D eigenvalue weighted by Crippen LogP contribution is -2.51. The van der Waals surface area contributed by atoms with Crippen molar-refractivity contribution >= 4 is 17.3 Å². The van der Waals surface area contributed by atoms with Gasteiger partial charge in [-0.25, -0.2) is 4.39 Å². The highest BCUT2D eigenvalue weighted by molar-refractivity contribution is 6.30. The van der Waals surface area contributed by atoms with Crippen LogP contribution in [0.3, 0.4) is 0 Å². The SMILES string of the molecule is Nc1ccc(OC2(c3ccc(Cl)c(F)c3)COC2)cc1. The fraction of sp³-hybridized carbons (Fsp3) is 0.200. The molecule has 0 aromatic heterocycles. The van der Waals surface area contributed by atoms with E-state index in [2.05, 4.69) is 0 Å². The van der Waals surface area contributed by atoms with E-state index in [9.17, 15) is 4.39 Å². The van der Waals surface area contributed by atoms with Crippen molar-refractivity contribution in [2.75, 3.05) is 18.9 Å². The highest BCUT2D eigenvalue weighted by Gasteiger charge is 2.43. The predicted molar refractivity (Wildman–Crippen MR) is 75.4 cm³/mol. The molecule has 0 spiro atoms. The quantitative estimate of drug-likeness (QED) is 0.883. The highest BCUT2D eigenvalue weighted by Crippen LogP contribution is 2.36. The van der Waals surface area contributed by atoms with Crippen LogP contribution >= 0.6 is 11.6 Å². The zero-order chi connectivity index (χ0) is 14.2. The zero-order valence-corrected chi connectivity index (χ0v) is 11.4. The summed E-state index contributed by atoms with van der Waals surface area (Å²) < 4.78 is 24.9. The lowest BCUT2D eigenvalue weighted by molar-refractivity contribution is -0.168. The maximum Gasteiger partial charge on any atom is 0.180 e. The Labute approximate surface area is 121 Å². The Hall–Kier alpha value is -1.78. The van der Waals surface area contributed by atoms with Gasteiger partial charge in [0, 0.05) is 11.3 Å². The third kappa shape index (κ3) is 2.32. The van der Waals surface area contributed by atoms with Crippen LogP contribution in [0.1, 0.15) is 5.56 Å². The van der Waals surface area contributed by atoms with Crippen LogP contribution in [0.5, 0.6) is 5.75 Å². The summed E-state index contributed by atoms with van der Waals surface area (Å²) in [5, 5.41) is 0.0941. The highest BCUT2D eigenvalue weighted by atomic mass is 35.5. The minimum atomic E-state index is -0.665. The Morgan fingerprint density at radius 3 is 2.40 bits per heavy atom. The van der Waals surface area contributed by atoms with Crippen molar-refractivity contribution in [3.05, 3.63) is 58.9 Å². The molecular formula is C15H13ClFNO2. The van der Waals surface area contributed by atoms with Crippen molar-refractivity contribution in [3.8, 4) is 5.75 Å². The van der Waals surface area contributed by atoms with Gasteiger partial charge in [0.25, 0.3) is 0 Å². The van der Waals surface area contributed by atoms with Gasteiger partial charge in [-0.1, -0.05) is 17.7 Å². The average molecular weight is 294 g/mol. The number of benzene rings is 2. The number of halogens is 2. The molecule has 0 bridgehead atoms. The van der Waals surface area contributed by atoms with E-state index in [1.165, 1.54) is 12.1 Å². The van der Waals surface area contributed by atoms with Crippen LogP contribution in [-0.4, -0.2) is 13.2 Å². The monoisotopic (exact) mass is 293 g/mol. The molecule has 104 valence electrons. The topological polar surface area (TPSA) is 44.5 Å². The first-order chi connectivity index (χ1) is 9.59. The standard InChI is InChI=1S/C15H13ClFNO2/c16-13-6-1-10(7-14(13)17)15(8-19-9-15)20-12-4-2-11(18)3-5-12/h1-7H,8-9,18H2. The molecule has 0 radical (unpaired) electrons. The van der Waals surface area contributed by atoms with Gasteiger partial charge >= 0.3 is 0 Å². The van der Waals surface area contributed by atoms with E-state index in [1.54, 1.807) is 30.3 Å². The van der Waals surface area contributed by atoms with E-state index in [0.29, 0.717) is 30.2 Å². The molecule has 3 nitrogen and oxygen atoms in total. The lowest BCUT2D eigenvalue weighted by atomic mass is 9.91. The summed E-state index contributed by atoms with van der Waals surface area (Å²) in [6, 6.07) is 11.7. The lowest BCUT2D eigenvalue weighted by Gasteiger charge is -2.41. The molecule has 3 rings (SSSR count). The summed E-state index contributed by atoms with van der Waals surface area (Å²) in [6.45, 7) is 0.747. The first-order valence-electron chi connectivity index (χ1n) is 6.17. The number of anilines is 1. The van der Waals surface area contributed by atoms with Crippen LogP contribution in [0.4, 0.5) is 10.1 Å². The van der Waals surface area contributed by atoms with Gasteiger partial charge in [0.15, 0.2) is 5.60 Å². The molecule has 5 heteroatoms. The fourth-order valence-electron chi connectivity index (χ4n) is 2.11. The molecule has 0 aliphatic carbocycles. The second-order valence-electron chi connectivity index (χ2n) is 4.79. The Morgan fingerprint density at radius 2 is 1.85 bits per heavy atom. The molecule has 2 aromatic rings. The van der Waals surface area contributed by atoms with Crippen LogP contribution in [0.15, 0.2) is 42.5 Å². The van der Waals surface area contributed by atoms with Crippen molar-refractivity contribution < 1.29 is 13.9 Å². The summed E-state index contributed by atoms with van der Waals surface area (Å²) in [5.41, 5.74) is 6.35. The van der Waals surface area contributed by atoms with Gasteiger partial charge in [0.1, 0.15) is 11.6 Å². The predicted octanol–water partition coefficient (Wildman–Crippen LogP) is 3.37. The smallest absolute Gasteiger partial charge is 0.180 e. The van der Waals surface area contributed by atoms with Crippen molar-refractivity contribution in [3.63, 3.8) is 0 Å². The van der Waals surface area contributed by atoms with E-state index in [1.807, 2.05) is 0 Å². The Balaban J connectivity index is 1.90. The third-order valence-electron chi connectivity index (χ3n) is 3.31. The molecule has 20 heavy (non-hydrogen) atoms. The van der Waals surface area contributed by atoms with Gasteiger partial charge in [-0.3, -0.25) is 0 Å². The molecule has 2 aromatic carbocycles. The molecule has 2 N–H and O–H groups in total. The van der Waals surface area contributed by atoms with E-state index in [-0.39, 0.29) is 5.02 Å². The van der Waals surface area contributed by atoms with Crippen LogP contribution in [-0.2, 0) is 10.3 Å². The number of hydrogen-bond acceptors (Lipinski definition) is 3. The largest absolute Gasteiger partial charge is 0.478 e. The summed E-state index contributed by atoms with van der Waals surface area (Å²) in [6.07, 6.45) is 0. The number of nitrogens with two attached hydrogens (primary N) is 1. The van der Waals surface area contributed by atoms with Crippen LogP contribution in [0.2, 0.25) is 5.02 Å². The van der Waals surface area contributed by atoms with Gasteiger partial charge in [-0.15, -0.1) is 0 Å². The molecule has 1 heterocycles. The molecule has 1 saturated heterocycles. The van der Waals surface area contributed by atoms with Crippen molar-refractivity contribution in [1.29, 1.82) is 0 Å². The maximum atomic E-state index is 13.6.